The fourth-order valence-corrected chi connectivity index (χ4v) is 3.89. The average molecular weight is 518 g/mol. The molecule has 0 aliphatic carbocycles. The molecule has 36 heavy (non-hydrogen) atoms. The summed E-state index contributed by atoms with van der Waals surface area (Å²) in [6.45, 7) is 2.81. The van der Waals surface area contributed by atoms with Crippen LogP contribution in [0.5, 0.6) is 0 Å². The molecule has 0 aliphatic rings. The molecular weight excluding hydrogens is 489 g/mol. The number of nitrogens with one attached hydrogen (secondary N) is 3. The van der Waals surface area contributed by atoms with Crippen molar-refractivity contribution in [2.75, 3.05) is 26.9 Å². The smallest absolute Gasteiger partial charge is 0.323 e. The highest BCUT2D eigenvalue weighted by Crippen LogP contribution is 2.26. The first-order chi connectivity index (χ1) is 17.4. The van der Waals surface area contributed by atoms with Gasteiger partial charge in [-0.25, -0.2) is 4.39 Å². The summed E-state index contributed by atoms with van der Waals surface area (Å²) in [5.41, 5.74) is 2.08. The van der Waals surface area contributed by atoms with Crippen LogP contribution in [0.2, 0.25) is 5.02 Å². The molecule has 3 aromatic rings. The topological polar surface area (TPSA) is 118 Å². The van der Waals surface area contributed by atoms with Gasteiger partial charge >= 0.3 is 5.97 Å². The highest BCUT2D eigenvalue weighted by Gasteiger charge is 2.26. The molecule has 0 saturated heterocycles. The normalized spacial score (nSPS) is 12.7. The number of amides is 1. The minimum atomic E-state index is -0.664. The van der Waals surface area contributed by atoms with Gasteiger partial charge in [0.15, 0.2) is 5.69 Å². The van der Waals surface area contributed by atoms with Gasteiger partial charge in [0.1, 0.15) is 11.9 Å². The standard InChI is InChI=1S/C25H29ClFN5O4/c1-3-36-25(34)22(28-10-11-35-2)14-19(30-24(33)23-15-29-32-31-23)12-16-4-6-17(7-5-16)20-13-18(26)8-9-21(20)27/h4-9,13,15,19,22,28H,3,10-12,14H2,1-2H3,(H,30,33)(H,29,31,32)/t19-,22-/m1/s1. The predicted molar refractivity (Wildman–Crippen MR) is 133 cm³/mol. The van der Waals surface area contributed by atoms with Crippen LogP contribution in [0.1, 0.15) is 29.4 Å². The molecule has 0 fully saturated rings. The lowest BCUT2D eigenvalue weighted by atomic mass is 9.96. The number of aromatic amines is 1. The van der Waals surface area contributed by atoms with Crippen molar-refractivity contribution in [2.24, 2.45) is 0 Å². The minimum Gasteiger partial charge on any atom is -0.465 e. The van der Waals surface area contributed by atoms with Crippen LogP contribution in [0, 0.1) is 5.82 Å². The van der Waals surface area contributed by atoms with E-state index in [2.05, 4.69) is 26.0 Å². The van der Waals surface area contributed by atoms with Gasteiger partial charge in [-0.2, -0.15) is 0 Å². The van der Waals surface area contributed by atoms with Gasteiger partial charge in [-0.05, 0) is 49.1 Å². The van der Waals surface area contributed by atoms with Crippen LogP contribution in [0.25, 0.3) is 11.1 Å². The number of halogens is 2. The Labute approximate surface area is 213 Å². The van der Waals surface area contributed by atoms with Crippen molar-refractivity contribution in [3.05, 3.63) is 70.8 Å². The molecule has 11 heteroatoms. The van der Waals surface area contributed by atoms with E-state index >= 15 is 0 Å². The van der Waals surface area contributed by atoms with Crippen LogP contribution in [-0.4, -0.2) is 66.2 Å². The summed E-state index contributed by atoms with van der Waals surface area (Å²) in [6, 6.07) is 10.6. The summed E-state index contributed by atoms with van der Waals surface area (Å²) in [7, 11) is 1.57. The second-order valence-corrected chi connectivity index (χ2v) is 8.48. The molecule has 0 spiro atoms. The third-order valence-electron chi connectivity index (χ3n) is 5.45. The number of hydrogen-bond donors (Lipinski definition) is 3. The van der Waals surface area contributed by atoms with E-state index in [9.17, 15) is 14.0 Å². The summed E-state index contributed by atoms with van der Waals surface area (Å²) in [5.74, 6) is -1.21. The predicted octanol–water partition coefficient (Wildman–Crippen LogP) is 3.16. The number of rotatable bonds is 13. The number of benzene rings is 2. The highest BCUT2D eigenvalue weighted by molar-refractivity contribution is 6.30. The molecular formula is C25H29ClFN5O4. The number of carbonyl (C=O) groups is 2. The van der Waals surface area contributed by atoms with E-state index < -0.39 is 24.0 Å². The van der Waals surface area contributed by atoms with Crippen LogP contribution >= 0.6 is 11.6 Å². The van der Waals surface area contributed by atoms with Gasteiger partial charge in [0.2, 0.25) is 0 Å². The van der Waals surface area contributed by atoms with Crippen molar-refractivity contribution in [2.45, 2.75) is 31.8 Å². The molecule has 3 rings (SSSR count). The molecule has 9 nitrogen and oxygen atoms in total. The van der Waals surface area contributed by atoms with E-state index in [1.807, 2.05) is 12.1 Å². The van der Waals surface area contributed by atoms with E-state index in [0.29, 0.717) is 35.7 Å². The van der Waals surface area contributed by atoms with Crippen molar-refractivity contribution < 1.29 is 23.5 Å². The van der Waals surface area contributed by atoms with Crippen LogP contribution in [0.3, 0.4) is 0 Å². The molecule has 0 unspecified atom stereocenters. The van der Waals surface area contributed by atoms with Gasteiger partial charge in [-0.15, -0.1) is 5.10 Å². The van der Waals surface area contributed by atoms with Crippen molar-refractivity contribution in [1.82, 2.24) is 26.0 Å². The van der Waals surface area contributed by atoms with Gasteiger partial charge in [0.25, 0.3) is 5.91 Å². The molecule has 192 valence electrons. The van der Waals surface area contributed by atoms with E-state index in [0.717, 1.165) is 5.56 Å². The number of esters is 1. The van der Waals surface area contributed by atoms with E-state index in [-0.39, 0.29) is 24.5 Å². The summed E-state index contributed by atoms with van der Waals surface area (Å²) >= 11 is 6.03. The van der Waals surface area contributed by atoms with Crippen molar-refractivity contribution in [3.8, 4) is 11.1 Å². The Morgan fingerprint density at radius 2 is 1.97 bits per heavy atom. The number of H-pyrrole nitrogens is 1. The number of nitrogens with zero attached hydrogens (tertiary/aromatic N) is 2. The molecule has 1 aromatic heterocycles. The molecule has 0 radical (unpaired) electrons. The first-order valence-electron chi connectivity index (χ1n) is 11.5. The summed E-state index contributed by atoms with van der Waals surface area (Å²) in [4.78, 5) is 25.3. The maximum Gasteiger partial charge on any atom is 0.323 e. The van der Waals surface area contributed by atoms with Crippen LogP contribution in [0.4, 0.5) is 4.39 Å². The summed E-state index contributed by atoms with van der Waals surface area (Å²) < 4.78 is 24.6. The van der Waals surface area contributed by atoms with E-state index in [4.69, 9.17) is 21.1 Å². The number of ether oxygens (including phenoxy) is 2. The lowest BCUT2D eigenvalue weighted by molar-refractivity contribution is -0.146. The minimum absolute atomic E-state index is 0.131. The second-order valence-electron chi connectivity index (χ2n) is 8.04. The Kier molecular flexibility index (Phi) is 10.3. The van der Waals surface area contributed by atoms with Gasteiger partial charge in [0, 0.05) is 30.3 Å². The van der Waals surface area contributed by atoms with Crippen molar-refractivity contribution in [3.63, 3.8) is 0 Å². The summed E-state index contributed by atoms with van der Waals surface area (Å²) in [5, 5.41) is 16.3. The van der Waals surface area contributed by atoms with E-state index in [1.54, 1.807) is 32.2 Å². The lowest BCUT2D eigenvalue weighted by Crippen LogP contribution is -2.47. The van der Waals surface area contributed by atoms with Crippen LogP contribution < -0.4 is 10.6 Å². The van der Waals surface area contributed by atoms with E-state index in [1.165, 1.54) is 18.3 Å². The van der Waals surface area contributed by atoms with Crippen LogP contribution in [-0.2, 0) is 20.7 Å². The third kappa shape index (κ3) is 7.84. The first kappa shape index (κ1) is 27.3. The van der Waals surface area contributed by atoms with Gasteiger partial charge in [-0.3, -0.25) is 14.7 Å². The molecule has 0 saturated carbocycles. The fourth-order valence-electron chi connectivity index (χ4n) is 3.71. The summed E-state index contributed by atoms with van der Waals surface area (Å²) in [6.07, 6.45) is 2.06. The molecule has 3 N–H and O–H groups in total. The zero-order valence-electron chi connectivity index (χ0n) is 20.1. The Balaban J connectivity index is 1.79. The zero-order valence-corrected chi connectivity index (χ0v) is 20.8. The fraction of sp³-hybridized carbons (Fsp3) is 0.360. The molecule has 2 aromatic carbocycles. The van der Waals surface area contributed by atoms with Crippen molar-refractivity contribution >= 4 is 23.5 Å². The zero-order chi connectivity index (χ0) is 25.9. The second kappa shape index (κ2) is 13.7. The van der Waals surface area contributed by atoms with Gasteiger partial charge in [0.05, 0.1) is 19.4 Å². The van der Waals surface area contributed by atoms with Gasteiger partial charge in [-0.1, -0.05) is 41.1 Å². The quantitative estimate of drug-likeness (QED) is 0.235. The van der Waals surface area contributed by atoms with Crippen LogP contribution in [0.15, 0.2) is 48.7 Å². The Bertz CT molecular complexity index is 1130. The molecule has 0 aliphatic heterocycles. The maximum atomic E-state index is 14.3. The maximum absolute atomic E-state index is 14.3. The molecule has 1 amide bonds. The van der Waals surface area contributed by atoms with Gasteiger partial charge < -0.3 is 20.1 Å². The average Bonchev–Trinajstić information content (AvgIpc) is 3.41. The largest absolute Gasteiger partial charge is 0.465 e. The Hall–Kier alpha value is -3.34. The molecule has 1 heterocycles. The number of carbonyl (C=O) groups excluding carboxylic acids is 2. The number of aromatic nitrogens is 3. The molecule has 0 bridgehead atoms. The SMILES string of the molecule is CCOC(=O)[C@@H](C[C@@H](Cc1ccc(-c2cc(Cl)ccc2F)cc1)NC(=O)c1c[nH]nn1)NCCOC. The number of methoxy groups -OCH3 is 1. The third-order valence-corrected chi connectivity index (χ3v) is 5.68. The lowest BCUT2D eigenvalue weighted by Gasteiger charge is -2.24. The van der Waals surface area contributed by atoms with Crippen molar-refractivity contribution in [1.29, 1.82) is 0 Å². The molecule has 2 atom stereocenters. The highest BCUT2D eigenvalue weighted by atomic mass is 35.5. The Morgan fingerprint density at radius 1 is 1.19 bits per heavy atom. The first-order valence-corrected chi connectivity index (χ1v) is 11.9. The monoisotopic (exact) mass is 517 g/mol. The number of hydrogen-bond acceptors (Lipinski definition) is 7. The Morgan fingerprint density at radius 3 is 2.64 bits per heavy atom.